The highest BCUT2D eigenvalue weighted by Gasteiger charge is 2.19. The molecule has 2 aromatic carbocycles. The topological polar surface area (TPSA) is 51.0 Å². The van der Waals surface area contributed by atoms with Gasteiger partial charge in [0.1, 0.15) is 0 Å². The van der Waals surface area contributed by atoms with E-state index in [1.807, 2.05) is 80.2 Å². The largest absolute Gasteiger partial charge is 0.338 e. The molecule has 0 saturated heterocycles. The Morgan fingerprint density at radius 1 is 1.15 bits per heavy atom. The van der Waals surface area contributed by atoms with Crippen LogP contribution in [0.25, 0.3) is 11.4 Å². The van der Waals surface area contributed by atoms with Gasteiger partial charge in [0, 0.05) is 24.7 Å². The minimum absolute atomic E-state index is 0.0171. The van der Waals surface area contributed by atoms with E-state index in [1.54, 1.807) is 4.90 Å². The number of thioether (sulfide) groups is 1. The van der Waals surface area contributed by atoms with E-state index in [0.717, 1.165) is 17.0 Å². The van der Waals surface area contributed by atoms with Gasteiger partial charge in [-0.05, 0) is 36.8 Å². The molecule has 5 nitrogen and oxygen atoms in total. The minimum Gasteiger partial charge on any atom is -0.338 e. The number of carbonyl (C=O) groups is 1. The molecule has 0 fully saturated rings. The maximum Gasteiger partial charge on any atom is 0.233 e. The van der Waals surface area contributed by atoms with Gasteiger partial charge in [-0.2, -0.15) is 0 Å². The molecule has 0 aliphatic heterocycles. The monoisotopic (exact) mass is 400 g/mol. The van der Waals surface area contributed by atoms with Gasteiger partial charge in [0.15, 0.2) is 11.0 Å². The van der Waals surface area contributed by atoms with Gasteiger partial charge < -0.3 is 9.47 Å². The van der Waals surface area contributed by atoms with E-state index in [2.05, 4.69) is 10.2 Å². The maximum atomic E-state index is 12.6. The summed E-state index contributed by atoms with van der Waals surface area (Å²) < 4.78 is 1.89. The Labute approximate surface area is 168 Å². The average molecular weight is 401 g/mol. The van der Waals surface area contributed by atoms with Crippen molar-refractivity contribution in [1.82, 2.24) is 19.7 Å². The number of amides is 1. The molecule has 140 valence electrons. The average Bonchev–Trinajstić information content (AvgIpc) is 3.06. The summed E-state index contributed by atoms with van der Waals surface area (Å²) in [6.07, 6.45) is 0. The lowest BCUT2D eigenvalue weighted by Gasteiger charge is -2.25. The number of aromatic nitrogens is 3. The molecule has 0 bridgehead atoms. The minimum atomic E-state index is 0.0171. The first-order valence-electron chi connectivity index (χ1n) is 8.56. The Hall–Kier alpha value is -2.31. The predicted octanol–water partition coefficient (Wildman–Crippen LogP) is 4.45. The molecule has 1 unspecified atom stereocenters. The van der Waals surface area contributed by atoms with Crippen molar-refractivity contribution in [2.24, 2.45) is 7.05 Å². The van der Waals surface area contributed by atoms with E-state index < -0.39 is 0 Å². The molecule has 0 N–H and O–H groups in total. The Morgan fingerprint density at radius 2 is 1.81 bits per heavy atom. The van der Waals surface area contributed by atoms with Gasteiger partial charge in [-0.3, -0.25) is 4.79 Å². The lowest BCUT2D eigenvalue weighted by Crippen LogP contribution is -2.31. The number of nitrogens with zero attached hydrogens (tertiary/aromatic N) is 4. The van der Waals surface area contributed by atoms with E-state index in [9.17, 15) is 4.79 Å². The van der Waals surface area contributed by atoms with Crippen LogP contribution in [0.15, 0.2) is 59.8 Å². The highest BCUT2D eigenvalue weighted by molar-refractivity contribution is 7.99. The van der Waals surface area contributed by atoms with Crippen LogP contribution in [0.2, 0.25) is 5.02 Å². The molecule has 7 heteroatoms. The molecule has 0 radical (unpaired) electrons. The summed E-state index contributed by atoms with van der Waals surface area (Å²) in [7, 11) is 3.73. The SMILES string of the molecule is CC(c1ccccc1)N(C)C(=O)CSc1nnc(-c2ccc(Cl)cc2)n1C. The first kappa shape index (κ1) is 19.5. The molecule has 1 atom stereocenters. The molecule has 3 aromatic rings. The number of benzene rings is 2. The molecule has 1 aromatic heterocycles. The lowest BCUT2D eigenvalue weighted by atomic mass is 10.1. The summed E-state index contributed by atoms with van der Waals surface area (Å²) in [5.74, 6) is 1.10. The Kier molecular flexibility index (Phi) is 6.19. The Bertz CT molecular complexity index is 911. The van der Waals surface area contributed by atoms with Gasteiger partial charge in [0.25, 0.3) is 0 Å². The summed E-state index contributed by atoms with van der Waals surface area (Å²) in [6.45, 7) is 2.03. The third-order valence-corrected chi connectivity index (χ3v) is 5.78. The summed E-state index contributed by atoms with van der Waals surface area (Å²) >= 11 is 7.33. The third kappa shape index (κ3) is 4.51. The van der Waals surface area contributed by atoms with E-state index in [1.165, 1.54) is 11.8 Å². The normalized spacial score (nSPS) is 12.0. The summed E-state index contributed by atoms with van der Waals surface area (Å²) in [6, 6.07) is 17.5. The van der Waals surface area contributed by atoms with E-state index in [4.69, 9.17) is 11.6 Å². The van der Waals surface area contributed by atoms with Crippen molar-refractivity contribution in [1.29, 1.82) is 0 Å². The zero-order valence-corrected chi connectivity index (χ0v) is 17.0. The van der Waals surface area contributed by atoms with Gasteiger partial charge in [0.2, 0.25) is 5.91 Å². The van der Waals surface area contributed by atoms with Gasteiger partial charge in [-0.25, -0.2) is 0 Å². The predicted molar refractivity (Wildman–Crippen MR) is 110 cm³/mol. The quantitative estimate of drug-likeness (QED) is 0.573. The van der Waals surface area contributed by atoms with Crippen LogP contribution >= 0.6 is 23.4 Å². The van der Waals surface area contributed by atoms with Crippen molar-refractivity contribution < 1.29 is 4.79 Å². The smallest absolute Gasteiger partial charge is 0.233 e. The summed E-state index contributed by atoms with van der Waals surface area (Å²) in [4.78, 5) is 14.4. The second-order valence-electron chi connectivity index (χ2n) is 6.25. The van der Waals surface area contributed by atoms with Crippen molar-refractivity contribution in [3.05, 3.63) is 65.2 Å². The molecule has 0 aliphatic carbocycles. The highest BCUT2D eigenvalue weighted by Crippen LogP contribution is 2.25. The van der Waals surface area contributed by atoms with Crippen LogP contribution in [0.4, 0.5) is 0 Å². The molecule has 1 amide bonds. The number of carbonyl (C=O) groups excluding carboxylic acids is 1. The van der Waals surface area contributed by atoms with Gasteiger partial charge in [0.05, 0.1) is 11.8 Å². The number of rotatable bonds is 6. The van der Waals surface area contributed by atoms with Crippen LogP contribution in [-0.4, -0.2) is 38.4 Å². The van der Waals surface area contributed by atoms with Gasteiger partial charge in [-0.15, -0.1) is 10.2 Å². The molecule has 3 rings (SSSR count). The Balaban J connectivity index is 1.64. The molecule has 1 heterocycles. The van der Waals surface area contributed by atoms with Crippen LogP contribution in [0.3, 0.4) is 0 Å². The lowest BCUT2D eigenvalue weighted by molar-refractivity contribution is -0.128. The third-order valence-electron chi connectivity index (χ3n) is 4.52. The zero-order chi connectivity index (χ0) is 19.4. The maximum absolute atomic E-state index is 12.6. The molecular formula is C20H21ClN4OS. The van der Waals surface area contributed by atoms with Crippen molar-refractivity contribution in [3.8, 4) is 11.4 Å². The second-order valence-corrected chi connectivity index (χ2v) is 7.63. The van der Waals surface area contributed by atoms with Crippen LogP contribution in [0, 0.1) is 0 Å². The number of halogens is 1. The van der Waals surface area contributed by atoms with Crippen molar-refractivity contribution in [2.75, 3.05) is 12.8 Å². The van der Waals surface area contributed by atoms with Crippen molar-refractivity contribution in [3.63, 3.8) is 0 Å². The molecule has 0 saturated carbocycles. The highest BCUT2D eigenvalue weighted by atomic mass is 35.5. The van der Waals surface area contributed by atoms with Crippen molar-refractivity contribution in [2.45, 2.75) is 18.1 Å². The van der Waals surface area contributed by atoms with E-state index in [0.29, 0.717) is 15.9 Å². The van der Waals surface area contributed by atoms with Gasteiger partial charge in [-0.1, -0.05) is 53.7 Å². The first-order valence-corrected chi connectivity index (χ1v) is 9.92. The van der Waals surface area contributed by atoms with Crippen LogP contribution < -0.4 is 0 Å². The van der Waals surface area contributed by atoms with Crippen LogP contribution in [0.1, 0.15) is 18.5 Å². The zero-order valence-electron chi connectivity index (χ0n) is 15.5. The number of hydrogen-bond donors (Lipinski definition) is 0. The molecule has 0 aliphatic rings. The first-order chi connectivity index (χ1) is 13.0. The standard InChI is InChI=1S/C20H21ClN4OS/c1-14(15-7-5-4-6-8-15)24(2)18(26)13-27-20-23-22-19(25(20)3)16-9-11-17(21)12-10-16/h4-12,14H,13H2,1-3H3. The number of hydrogen-bond acceptors (Lipinski definition) is 4. The van der Waals surface area contributed by atoms with Crippen LogP contribution in [-0.2, 0) is 11.8 Å². The fraction of sp³-hybridized carbons (Fsp3) is 0.250. The second kappa shape index (κ2) is 8.59. The summed E-state index contributed by atoms with van der Waals surface area (Å²) in [5.41, 5.74) is 2.05. The molecular weight excluding hydrogens is 380 g/mol. The Morgan fingerprint density at radius 3 is 2.48 bits per heavy atom. The van der Waals surface area contributed by atoms with E-state index >= 15 is 0 Å². The van der Waals surface area contributed by atoms with E-state index in [-0.39, 0.29) is 11.9 Å². The summed E-state index contributed by atoms with van der Waals surface area (Å²) in [5, 5.41) is 9.85. The van der Waals surface area contributed by atoms with Crippen LogP contribution in [0.5, 0.6) is 0 Å². The fourth-order valence-electron chi connectivity index (χ4n) is 2.69. The fourth-order valence-corrected chi connectivity index (χ4v) is 3.65. The molecule has 0 spiro atoms. The van der Waals surface area contributed by atoms with Gasteiger partial charge >= 0.3 is 0 Å². The molecule has 27 heavy (non-hydrogen) atoms. The van der Waals surface area contributed by atoms with Crippen molar-refractivity contribution >= 4 is 29.3 Å².